The molecule has 2 aromatic rings. The molecule has 1 aliphatic rings. The molecule has 2 N–H and O–H groups in total. The maximum atomic E-state index is 12.2. The summed E-state index contributed by atoms with van der Waals surface area (Å²) in [6.07, 6.45) is 2.90. The van der Waals surface area contributed by atoms with Crippen molar-refractivity contribution in [3.63, 3.8) is 0 Å². The molecule has 0 atom stereocenters. The first-order valence-corrected chi connectivity index (χ1v) is 10.1. The summed E-state index contributed by atoms with van der Waals surface area (Å²) in [5.41, 5.74) is 3.90. The van der Waals surface area contributed by atoms with Crippen LogP contribution in [0, 0.1) is 6.92 Å². The van der Waals surface area contributed by atoms with Gasteiger partial charge < -0.3 is 19.9 Å². The summed E-state index contributed by atoms with van der Waals surface area (Å²) in [6, 6.07) is 9.22. The van der Waals surface area contributed by atoms with Gasteiger partial charge in [0.15, 0.2) is 11.5 Å². The summed E-state index contributed by atoms with van der Waals surface area (Å²) in [7, 11) is 3.33. The molecule has 156 valence electrons. The smallest absolute Gasteiger partial charge is 0.255 e. The van der Waals surface area contributed by atoms with Crippen LogP contribution in [0.15, 0.2) is 30.3 Å². The van der Waals surface area contributed by atoms with Gasteiger partial charge in [-0.3, -0.25) is 9.69 Å². The molecule has 29 heavy (non-hydrogen) atoms. The molecular formula is C23H30N2O4. The van der Waals surface area contributed by atoms with E-state index in [4.69, 9.17) is 9.47 Å². The van der Waals surface area contributed by atoms with Crippen LogP contribution in [0.1, 0.15) is 39.9 Å². The van der Waals surface area contributed by atoms with Crippen LogP contribution in [0.2, 0.25) is 0 Å². The number of carbonyl (C=O) groups is 1. The van der Waals surface area contributed by atoms with Gasteiger partial charge in [0.2, 0.25) is 0 Å². The number of benzene rings is 2. The zero-order chi connectivity index (χ0) is 20.8. The number of nitrogens with zero attached hydrogens (tertiary/aromatic N) is 1. The molecule has 0 unspecified atom stereocenters. The first kappa shape index (κ1) is 21.0. The molecule has 0 saturated heterocycles. The van der Waals surface area contributed by atoms with Crippen molar-refractivity contribution in [3.8, 4) is 17.2 Å². The topological polar surface area (TPSA) is 71.0 Å². The van der Waals surface area contributed by atoms with Crippen LogP contribution in [0.25, 0.3) is 0 Å². The largest absolute Gasteiger partial charge is 0.507 e. The molecule has 0 fully saturated rings. The van der Waals surface area contributed by atoms with Gasteiger partial charge in [-0.2, -0.15) is 0 Å². The zero-order valence-electron chi connectivity index (χ0n) is 17.5. The van der Waals surface area contributed by atoms with E-state index < -0.39 is 0 Å². The van der Waals surface area contributed by atoms with Gasteiger partial charge in [-0.1, -0.05) is 11.6 Å². The Balaban J connectivity index is 1.44. The van der Waals surface area contributed by atoms with Crippen LogP contribution < -0.4 is 14.8 Å². The number of amides is 1. The van der Waals surface area contributed by atoms with Crippen molar-refractivity contribution in [1.29, 1.82) is 0 Å². The molecule has 6 nitrogen and oxygen atoms in total. The lowest BCUT2D eigenvalue weighted by Crippen LogP contribution is -2.32. The number of aryl methyl sites for hydroxylation is 1. The van der Waals surface area contributed by atoms with Gasteiger partial charge in [0.05, 0.1) is 19.8 Å². The molecule has 0 spiro atoms. The Kier molecular flexibility index (Phi) is 6.99. The van der Waals surface area contributed by atoms with E-state index in [-0.39, 0.29) is 11.7 Å². The number of phenols is 1. The second-order valence-electron chi connectivity index (χ2n) is 7.49. The molecule has 3 rings (SSSR count). The molecule has 1 amide bonds. The van der Waals surface area contributed by atoms with E-state index in [1.807, 2.05) is 6.92 Å². The third kappa shape index (κ3) is 5.21. The highest BCUT2D eigenvalue weighted by Gasteiger charge is 2.19. The third-order valence-electron chi connectivity index (χ3n) is 5.38. The van der Waals surface area contributed by atoms with Crippen molar-refractivity contribution in [3.05, 3.63) is 52.6 Å². The average molecular weight is 399 g/mol. The van der Waals surface area contributed by atoms with E-state index >= 15 is 0 Å². The molecule has 0 bridgehead atoms. The third-order valence-corrected chi connectivity index (χ3v) is 5.38. The Morgan fingerprint density at radius 2 is 1.83 bits per heavy atom. The Morgan fingerprint density at radius 3 is 2.55 bits per heavy atom. The van der Waals surface area contributed by atoms with Gasteiger partial charge in [-0.15, -0.1) is 0 Å². The summed E-state index contributed by atoms with van der Waals surface area (Å²) in [6.45, 7) is 5.41. The minimum atomic E-state index is -0.223. The predicted octanol–water partition coefficient (Wildman–Crippen LogP) is 3.29. The molecule has 0 aliphatic carbocycles. The Morgan fingerprint density at radius 1 is 1.10 bits per heavy atom. The SMILES string of the molecule is COc1cc2c(cc1OC)CN(CCCCNC(=O)c1cc(C)ccc1O)CC2. The van der Waals surface area contributed by atoms with Crippen molar-refractivity contribution in [2.75, 3.05) is 33.9 Å². The molecule has 2 aromatic carbocycles. The van der Waals surface area contributed by atoms with E-state index in [1.54, 1.807) is 32.4 Å². The first-order valence-electron chi connectivity index (χ1n) is 10.1. The summed E-state index contributed by atoms with van der Waals surface area (Å²) in [5.74, 6) is 1.36. The van der Waals surface area contributed by atoms with E-state index in [9.17, 15) is 9.90 Å². The highest BCUT2D eigenvalue weighted by Crippen LogP contribution is 2.33. The quantitative estimate of drug-likeness (QED) is 0.668. The summed E-state index contributed by atoms with van der Waals surface area (Å²) in [4.78, 5) is 14.7. The minimum absolute atomic E-state index is 0.0205. The fourth-order valence-corrected chi connectivity index (χ4v) is 3.72. The van der Waals surface area contributed by atoms with Crippen molar-refractivity contribution in [1.82, 2.24) is 10.2 Å². The van der Waals surface area contributed by atoms with Gasteiger partial charge in [-0.05, 0) is 68.1 Å². The van der Waals surface area contributed by atoms with Crippen LogP contribution in [-0.2, 0) is 13.0 Å². The van der Waals surface area contributed by atoms with Crippen molar-refractivity contribution in [2.24, 2.45) is 0 Å². The number of rotatable bonds is 8. The predicted molar refractivity (Wildman–Crippen MR) is 113 cm³/mol. The number of hydrogen-bond acceptors (Lipinski definition) is 5. The van der Waals surface area contributed by atoms with Crippen molar-refractivity contribution >= 4 is 5.91 Å². The average Bonchev–Trinajstić information content (AvgIpc) is 2.73. The molecule has 1 aliphatic heterocycles. The van der Waals surface area contributed by atoms with E-state index in [2.05, 4.69) is 22.3 Å². The van der Waals surface area contributed by atoms with Gasteiger partial charge in [0, 0.05) is 19.6 Å². The highest BCUT2D eigenvalue weighted by molar-refractivity contribution is 5.96. The van der Waals surface area contributed by atoms with E-state index in [0.29, 0.717) is 12.1 Å². The summed E-state index contributed by atoms with van der Waals surface area (Å²) in [5, 5.41) is 12.7. The normalized spacial score (nSPS) is 13.6. The number of fused-ring (bicyclic) bond motifs is 1. The number of unbranched alkanes of at least 4 members (excludes halogenated alkanes) is 1. The van der Waals surface area contributed by atoms with Crippen molar-refractivity contribution < 1.29 is 19.4 Å². The van der Waals surface area contributed by atoms with Gasteiger partial charge in [0.1, 0.15) is 5.75 Å². The van der Waals surface area contributed by atoms with Crippen LogP contribution in [0.5, 0.6) is 17.2 Å². The fraction of sp³-hybridized carbons (Fsp3) is 0.435. The monoisotopic (exact) mass is 398 g/mol. The Hall–Kier alpha value is -2.73. The molecule has 1 heterocycles. The van der Waals surface area contributed by atoms with Crippen LogP contribution in [-0.4, -0.2) is 49.8 Å². The lowest BCUT2D eigenvalue weighted by atomic mass is 9.98. The number of methoxy groups -OCH3 is 2. The second-order valence-corrected chi connectivity index (χ2v) is 7.49. The Bertz CT molecular complexity index is 866. The number of aromatic hydroxyl groups is 1. The number of hydrogen-bond donors (Lipinski definition) is 2. The summed E-state index contributed by atoms with van der Waals surface area (Å²) < 4.78 is 10.8. The second kappa shape index (κ2) is 9.65. The lowest BCUT2D eigenvalue weighted by molar-refractivity contribution is 0.0949. The maximum Gasteiger partial charge on any atom is 0.255 e. The molecular weight excluding hydrogens is 368 g/mol. The minimum Gasteiger partial charge on any atom is -0.507 e. The van der Waals surface area contributed by atoms with Gasteiger partial charge in [0.25, 0.3) is 5.91 Å². The molecule has 0 aromatic heterocycles. The van der Waals surface area contributed by atoms with E-state index in [0.717, 1.165) is 56.0 Å². The van der Waals surface area contributed by atoms with Crippen LogP contribution >= 0.6 is 0 Å². The number of nitrogens with one attached hydrogen (secondary N) is 1. The van der Waals surface area contributed by atoms with Crippen LogP contribution in [0.3, 0.4) is 0 Å². The first-order chi connectivity index (χ1) is 14.0. The standard InChI is InChI=1S/C23H30N2O4/c1-16-6-7-20(26)19(12-16)23(27)24-9-4-5-10-25-11-8-17-13-21(28-2)22(29-3)14-18(17)15-25/h6-7,12-14,26H,4-5,8-11,15H2,1-3H3,(H,24,27). The number of ether oxygens (including phenoxy) is 2. The lowest BCUT2D eigenvalue weighted by Gasteiger charge is -2.29. The van der Waals surface area contributed by atoms with Gasteiger partial charge >= 0.3 is 0 Å². The Labute approximate surface area is 172 Å². The fourth-order valence-electron chi connectivity index (χ4n) is 3.72. The molecule has 0 radical (unpaired) electrons. The molecule has 6 heteroatoms. The number of carbonyl (C=O) groups excluding carboxylic acids is 1. The van der Waals surface area contributed by atoms with E-state index in [1.165, 1.54) is 11.1 Å². The molecule has 0 saturated carbocycles. The van der Waals surface area contributed by atoms with Crippen molar-refractivity contribution in [2.45, 2.75) is 32.7 Å². The van der Waals surface area contributed by atoms with Gasteiger partial charge in [-0.25, -0.2) is 0 Å². The highest BCUT2D eigenvalue weighted by atomic mass is 16.5. The maximum absolute atomic E-state index is 12.2. The summed E-state index contributed by atoms with van der Waals surface area (Å²) >= 11 is 0. The number of phenolic OH excluding ortho intramolecular Hbond substituents is 1. The van der Waals surface area contributed by atoms with Crippen LogP contribution in [0.4, 0.5) is 0 Å². The zero-order valence-corrected chi connectivity index (χ0v) is 17.5.